The van der Waals surface area contributed by atoms with Crippen molar-refractivity contribution in [3.8, 4) is 0 Å². The summed E-state index contributed by atoms with van der Waals surface area (Å²) >= 11 is 0. The second-order valence-corrected chi connectivity index (χ2v) is 7.74. The highest BCUT2D eigenvalue weighted by molar-refractivity contribution is 7.89. The van der Waals surface area contributed by atoms with Crippen molar-refractivity contribution in [3.05, 3.63) is 29.8 Å². The highest BCUT2D eigenvalue weighted by Gasteiger charge is 2.32. The summed E-state index contributed by atoms with van der Waals surface area (Å²) in [6, 6.07) is 6.72. The van der Waals surface area contributed by atoms with Gasteiger partial charge in [0.1, 0.15) is 6.61 Å². The molecule has 1 aromatic rings. The van der Waals surface area contributed by atoms with E-state index in [2.05, 4.69) is 0 Å². The number of piperidine rings is 1. The van der Waals surface area contributed by atoms with Gasteiger partial charge in [-0.1, -0.05) is 17.7 Å². The molecule has 1 fully saturated rings. The minimum atomic E-state index is -3.53. The average Bonchev–Trinajstić information content (AvgIpc) is 2.53. The number of carbonyl (C=O) groups is 2. The Kier molecular flexibility index (Phi) is 5.54. The number of hydrogen-bond donors (Lipinski definition) is 0. The number of hydrogen-bond acceptors (Lipinski definition) is 5. The van der Waals surface area contributed by atoms with Gasteiger partial charge in [-0.25, -0.2) is 8.42 Å². The minimum absolute atomic E-state index is 0.210. The van der Waals surface area contributed by atoms with Gasteiger partial charge in [-0.15, -0.1) is 0 Å². The molecule has 0 amide bonds. The first-order chi connectivity index (χ1) is 10.8. The maximum absolute atomic E-state index is 12.6. The Morgan fingerprint density at radius 3 is 2.26 bits per heavy atom. The number of aryl methyl sites for hydroxylation is 1. The van der Waals surface area contributed by atoms with Crippen LogP contribution >= 0.6 is 0 Å². The quantitative estimate of drug-likeness (QED) is 0.760. The first-order valence-corrected chi connectivity index (χ1v) is 8.97. The van der Waals surface area contributed by atoms with Gasteiger partial charge in [0.25, 0.3) is 0 Å². The molecule has 1 aliphatic heterocycles. The number of ketones is 1. The van der Waals surface area contributed by atoms with Crippen LogP contribution in [0.2, 0.25) is 0 Å². The highest BCUT2D eigenvalue weighted by Crippen LogP contribution is 2.24. The van der Waals surface area contributed by atoms with Crippen molar-refractivity contribution in [1.29, 1.82) is 0 Å². The van der Waals surface area contributed by atoms with Crippen LogP contribution < -0.4 is 0 Å². The lowest BCUT2D eigenvalue weighted by molar-refractivity contribution is -0.152. The second-order valence-electron chi connectivity index (χ2n) is 5.80. The molecule has 1 saturated heterocycles. The van der Waals surface area contributed by atoms with Crippen LogP contribution in [0, 0.1) is 12.8 Å². The molecule has 1 heterocycles. The Bertz CT molecular complexity index is 673. The fourth-order valence-corrected chi connectivity index (χ4v) is 3.95. The lowest BCUT2D eigenvalue weighted by Gasteiger charge is -2.30. The molecule has 2 rings (SSSR count). The summed E-state index contributed by atoms with van der Waals surface area (Å²) in [6.45, 7) is 3.57. The summed E-state index contributed by atoms with van der Waals surface area (Å²) in [6.07, 6.45) is 0.809. The molecule has 0 atom stereocenters. The zero-order chi connectivity index (χ0) is 17.0. The Morgan fingerprint density at radius 1 is 1.17 bits per heavy atom. The third-order valence-corrected chi connectivity index (χ3v) is 5.78. The SMILES string of the molecule is CC(=O)COC(=O)C1CCN(S(=O)(=O)c2ccc(C)cc2)CC1. The summed E-state index contributed by atoms with van der Waals surface area (Å²) in [5.41, 5.74) is 0.996. The molecule has 0 aromatic heterocycles. The minimum Gasteiger partial charge on any atom is -0.457 e. The number of carbonyl (C=O) groups excluding carboxylic acids is 2. The number of nitrogens with zero attached hydrogens (tertiary/aromatic N) is 1. The van der Waals surface area contributed by atoms with Gasteiger partial charge in [-0.05, 0) is 38.8 Å². The van der Waals surface area contributed by atoms with Gasteiger partial charge >= 0.3 is 5.97 Å². The van der Waals surface area contributed by atoms with Gasteiger partial charge in [0.15, 0.2) is 5.78 Å². The molecule has 23 heavy (non-hydrogen) atoms. The molecule has 6 nitrogen and oxygen atoms in total. The maximum atomic E-state index is 12.6. The van der Waals surface area contributed by atoms with E-state index in [9.17, 15) is 18.0 Å². The zero-order valence-electron chi connectivity index (χ0n) is 13.3. The number of benzene rings is 1. The van der Waals surface area contributed by atoms with Crippen LogP contribution in [-0.2, 0) is 24.3 Å². The predicted molar refractivity (Wildman–Crippen MR) is 84.3 cm³/mol. The van der Waals surface area contributed by atoms with Crippen molar-refractivity contribution in [2.75, 3.05) is 19.7 Å². The molecule has 0 bridgehead atoms. The van der Waals surface area contributed by atoms with Gasteiger partial charge in [0.05, 0.1) is 10.8 Å². The maximum Gasteiger partial charge on any atom is 0.309 e. The normalized spacial score (nSPS) is 17.0. The van der Waals surface area contributed by atoms with E-state index in [-0.39, 0.29) is 36.3 Å². The van der Waals surface area contributed by atoms with Crippen molar-refractivity contribution >= 4 is 21.8 Å². The molecule has 1 aromatic carbocycles. The molecule has 0 radical (unpaired) electrons. The first-order valence-electron chi connectivity index (χ1n) is 7.53. The summed E-state index contributed by atoms with van der Waals surface area (Å²) in [5.74, 6) is -0.982. The number of Topliss-reactive ketones (excluding diaryl/α,β-unsaturated/α-hetero) is 1. The van der Waals surface area contributed by atoms with Crippen LogP contribution in [0.5, 0.6) is 0 Å². The fourth-order valence-electron chi connectivity index (χ4n) is 2.48. The van der Waals surface area contributed by atoms with Gasteiger partial charge < -0.3 is 4.74 Å². The monoisotopic (exact) mass is 339 g/mol. The second kappa shape index (κ2) is 7.23. The van der Waals surface area contributed by atoms with Crippen LogP contribution in [0.4, 0.5) is 0 Å². The van der Waals surface area contributed by atoms with Gasteiger partial charge in [-0.3, -0.25) is 9.59 Å². The Hall–Kier alpha value is -1.73. The standard InChI is InChI=1S/C16H21NO5S/c1-12-3-5-15(6-4-12)23(20,21)17-9-7-14(8-10-17)16(19)22-11-13(2)18/h3-6,14H,7-11H2,1-2H3. The number of esters is 1. The smallest absolute Gasteiger partial charge is 0.309 e. The molecule has 126 valence electrons. The zero-order valence-corrected chi connectivity index (χ0v) is 14.1. The van der Waals surface area contributed by atoms with Crippen LogP contribution in [0.25, 0.3) is 0 Å². The van der Waals surface area contributed by atoms with Gasteiger partial charge in [0.2, 0.25) is 10.0 Å². The predicted octanol–water partition coefficient (Wildman–Crippen LogP) is 1.53. The average molecular weight is 339 g/mol. The van der Waals surface area contributed by atoms with Crippen molar-refractivity contribution < 1.29 is 22.7 Å². The molecule has 0 N–H and O–H groups in total. The lowest BCUT2D eigenvalue weighted by atomic mass is 9.98. The number of rotatable bonds is 5. The van der Waals surface area contributed by atoms with E-state index >= 15 is 0 Å². The molecular weight excluding hydrogens is 318 g/mol. The van der Waals surface area contributed by atoms with Crippen LogP contribution in [-0.4, -0.2) is 44.2 Å². The van der Waals surface area contributed by atoms with E-state index in [0.29, 0.717) is 12.8 Å². The Morgan fingerprint density at radius 2 is 1.74 bits per heavy atom. The van der Waals surface area contributed by atoms with Gasteiger partial charge in [0, 0.05) is 13.1 Å². The fraction of sp³-hybridized carbons (Fsp3) is 0.500. The third-order valence-electron chi connectivity index (χ3n) is 3.86. The van der Waals surface area contributed by atoms with Crippen LogP contribution in [0.1, 0.15) is 25.3 Å². The third kappa shape index (κ3) is 4.39. The first kappa shape index (κ1) is 17.6. The highest BCUT2D eigenvalue weighted by atomic mass is 32.2. The summed E-state index contributed by atoms with van der Waals surface area (Å²) in [5, 5.41) is 0. The van der Waals surface area contributed by atoms with Crippen LogP contribution in [0.3, 0.4) is 0 Å². The molecule has 0 spiro atoms. The van der Waals surface area contributed by atoms with E-state index in [0.717, 1.165) is 5.56 Å². The van der Waals surface area contributed by atoms with E-state index < -0.39 is 16.0 Å². The number of sulfonamides is 1. The van der Waals surface area contributed by atoms with E-state index in [1.54, 1.807) is 24.3 Å². The molecule has 7 heteroatoms. The molecule has 0 unspecified atom stereocenters. The largest absolute Gasteiger partial charge is 0.457 e. The van der Waals surface area contributed by atoms with E-state index in [1.165, 1.54) is 11.2 Å². The van der Waals surface area contributed by atoms with Crippen molar-refractivity contribution in [1.82, 2.24) is 4.31 Å². The van der Waals surface area contributed by atoms with Crippen molar-refractivity contribution in [3.63, 3.8) is 0 Å². The van der Waals surface area contributed by atoms with Crippen LogP contribution in [0.15, 0.2) is 29.2 Å². The Labute approximate surface area is 136 Å². The molecule has 0 saturated carbocycles. The van der Waals surface area contributed by atoms with Gasteiger partial charge in [-0.2, -0.15) is 4.31 Å². The summed E-state index contributed by atoms with van der Waals surface area (Å²) in [4.78, 5) is 22.9. The Balaban J connectivity index is 1.97. The topological polar surface area (TPSA) is 80.8 Å². The summed E-state index contributed by atoms with van der Waals surface area (Å²) in [7, 11) is -3.53. The molecule has 0 aliphatic carbocycles. The number of ether oxygens (including phenoxy) is 1. The van der Waals surface area contributed by atoms with Crippen molar-refractivity contribution in [2.45, 2.75) is 31.6 Å². The molecular formula is C16H21NO5S. The molecule has 1 aliphatic rings. The van der Waals surface area contributed by atoms with E-state index in [1.807, 2.05) is 6.92 Å². The lowest BCUT2D eigenvalue weighted by Crippen LogP contribution is -2.40. The summed E-state index contributed by atoms with van der Waals surface area (Å²) < 4.78 is 31.4. The van der Waals surface area contributed by atoms with E-state index in [4.69, 9.17) is 4.74 Å². The van der Waals surface area contributed by atoms with Crippen molar-refractivity contribution in [2.24, 2.45) is 5.92 Å².